The van der Waals surface area contributed by atoms with E-state index < -0.39 is 12.0 Å². The van der Waals surface area contributed by atoms with E-state index in [0.717, 1.165) is 25.7 Å². The summed E-state index contributed by atoms with van der Waals surface area (Å²) in [6.45, 7) is 2.04. The van der Waals surface area contributed by atoms with Crippen LogP contribution in [-0.4, -0.2) is 24.5 Å². The van der Waals surface area contributed by atoms with Crippen molar-refractivity contribution in [3.05, 3.63) is 51.2 Å². The number of thiophene rings is 1. The minimum atomic E-state index is -0.574. The molecule has 1 aromatic heterocycles. The monoisotopic (exact) mass is 401 g/mol. The van der Waals surface area contributed by atoms with Crippen LogP contribution in [0.1, 0.15) is 56.7 Å². The van der Waals surface area contributed by atoms with E-state index in [1.807, 2.05) is 6.07 Å². The molecular weight excluding hydrogens is 378 g/mol. The minimum absolute atomic E-state index is 0.300. The molecule has 1 aliphatic carbocycles. The number of fused-ring (bicyclic) bond motifs is 1. The number of urea groups is 1. The molecule has 8 heteroatoms. The first kappa shape index (κ1) is 19.9. The fraction of sp³-hybridized carbons (Fsp3) is 0.350. The van der Waals surface area contributed by atoms with Crippen LogP contribution in [0, 0.1) is 0 Å². The number of nitrogens with one attached hydrogen (secondary N) is 3. The van der Waals surface area contributed by atoms with E-state index in [9.17, 15) is 14.4 Å². The van der Waals surface area contributed by atoms with Crippen LogP contribution in [0.25, 0.3) is 0 Å². The van der Waals surface area contributed by atoms with Gasteiger partial charge in [-0.3, -0.25) is 10.2 Å². The van der Waals surface area contributed by atoms with Crippen LogP contribution >= 0.6 is 11.3 Å². The Morgan fingerprint density at radius 1 is 1.04 bits per heavy atom. The third kappa shape index (κ3) is 5.10. The van der Waals surface area contributed by atoms with Crippen LogP contribution in [-0.2, 0) is 17.6 Å². The highest BCUT2D eigenvalue weighted by Gasteiger charge is 2.17. The van der Waals surface area contributed by atoms with E-state index in [2.05, 4.69) is 16.2 Å². The van der Waals surface area contributed by atoms with Gasteiger partial charge in [0.2, 0.25) is 0 Å². The lowest BCUT2D eigenvalue weighted by Crippen LogP contribution is -2.43. The maximum absolute atomic E-state index is 12.3. The first-order chi connectivity index (χ1) is 13.6. The number of carbonyl (C=O) groups excluding carboxylic acids is 3. The number of carbonyl (C=O) groups is 3. The van der Waals surface area contributed by atoms with Gasteiger partial charge >= 0.3 is 12.0 Å². The highest BCUT2D eigenvalue weighted by Crippen LogP contribution is 2.28. The third-order valence-electron chi connectivity index (χ3n) is 4.41. The van der Waals surface area contributed by atoms with E-state index in [1.54, 1.807) is 31.2 Å². The van der Waals surface area contributed by atoms with Crippen molar-refractivity contribution < 1.29 is 19.1 Å². The predicted molar refractivity (Wildman–Crippen MR) is 108 cm³/mol. The van der Waals surface area contributed by atoms with E-state index in [0.29, 0.717) is 22.7 Å². The number of amides is 3. The lowest BCUT2D eigenvalue weighted by Gasteiger charge is -2.09. The molecule has 1 aliphatic rings. The molecule has 2 aromatic rings. The molecule has 0 bridgehead atoms. The molecule has 0 radical (unpaired) electrons. The lowest BCUT2D eigenvalue weighted by atomic mass is 10.1. The third-order valence-corrected chi connectivity index (χ3v) is 5.65. The fourth-order valence-electron chi connectivity index (χ4n) is 3.02. The van der Waals surface area contributed by atoms with Crippen LogP contribution in [0.4, 0.5) is 10.5 Å². The van der Waals surface area contributed by atoms with Gasteiger partial charge in [0, 0.05) is 10.6 Å². The average Bonchev–Trinajstić information content (AvgIpc) is 2.97. The summed E-state index contributed by atoms with van der Waals surface area (Å²) in [6.07, 6.45) is 5.56. The molecule has 3 amide bonds. The Morgan fingerprint density at radius 3 is 2.54 bits per heavy atom. The number of rotatable bonds is 4. The Kier molecular flexibility index (Phi) is 6.65. The molecule has 0 saturated heterocycles. The topological polar surface area (TPSA) is 96.5 Å². The second-order valence-corrected chi connectivity index (χ2v) is 7.59. The second-order valence-electron chi connectivity index (χ2n) is 6.45. The number of ether oxygens (including phenoxy) is 1. The van der Waals surface area contributed by atoms with Crippen molar-refractivity contribution in [2.75, 3.05) is 11.9 Å². The van der Waals surface area contributed by atoms with Gasteiger partial charge in [-0.2, -0.15) is 0 Å². The predicted octanol–water partition coefficient (Wildman–Crippen LogP) is 3.66. The largest absolute Gasteiger partial charge is 0.462 e. The maximum Gasteiger partial charge on any atom is 0.338 e. The quantitative estimate of drug-likeness (QED) is 0.414. The minimum Gasteiger partial charge on any atom is -0.462 e. The maximum atomic E-state index is 12.3. The van der Waals surface area contributed by atoms with E-state index in [4.69, 9.17) is 4.74 Å². The van der Waals surface area contributed by atoms with E-state index >= 15 is 0 Å². The summed E-state index contributed by atoms with van der Waals surface area (Å²) in [4.78, 5) is 37.8. The van der Waals surface area contributed by atoms with Crippen molar-refractivity contribution >= 4 is 34.9 Å². The zero-order valence-electron chi connectivity index (χ0n) is 15.7. The van der Waals surface area contributed by atoms with Gasteiger partial charge in [-0.05, 0) is 68.5 Å². The molecule has 1 aromatic carbocycles. The Labute approximate surface area is 167 Å². The number of aryl methyl sites for hydroxylation is 2. The van der Waals surface area contributed by atoms with Gasteiger partial charge in [0.05, 0.1) is 17.0 Å². The molecule has 28 heavy (non-hydrogen) atoms. The summed E-state index contributed by atoms with van der Waals surface area (Å²) in [5.74, 6) is -0.744. The number of hydrogen-bond acceptors (Lipinski definition) is 5. The highest BCUT2D eigenvalue weighted by molar-refractivity contribution is 7.14. The number of hydrazine groups is 1. The highest BCUT2D eigenvalue weighted by atomic mass is 32.1. The van der Waals surface area contributed by atoms with Crippen LogP contribution in [0.2, 0.25) is 0 Å². The standard InChI is InChI=1S/C20H23N3O4S/c1-2-27-19(25)13-8-10-15(11-9-13)21-20(26)23-22-18(24)17-12-14-6-4-3-5-7-16(14)28-17/h8-12H,2-7H2,1H3,(H,22,24)(H2,21,23,26). The molecule has 3 rings (SSSR count). The van der Waals surface area contributed by atoms with Gasteiger partial charge in [-0.15, -0.1) is 11.3 Å². The summed E-state index contributed by atoms with van der Waals surface area (Å²) in [7, 11) is 0. The van der Waals surface area contributed by atoms with Gasteiger partial charge in [-0.25, -0.2) is 15.0 Å². The zero-order chi connectivity index (χ0) is 19.9. The molecule has 1 heterocycles. The number of anilines is 1. The van der Waals surface area contributed by atoms with Crippen molar-refractivity contribution in [1.82, 2.24) is 10.9 Å². The van der Waals surface area contributed by atoms with Crippen molar-refractivity contribution in [3.8, 4) is 0 Å². The molecule has 0 fully saturated rings. The molecule has 0 aliphatic heterocycles. The van der Waals surface area contributed by atoms with Crippen molar-refractivity contribution in [3.63, 3.8) is 0 Å². The molecule has 0 spiro atoms. The molecule has 0 saturated carbocycles. The summed E-state index contributed by atoms with van der Waals surface area (Å²) in [5.41, 5.74) is 6.91. The number of hydrogen-bond donors (Lipinski definition) is 3. The smallest absolute Gasteiger partial charge is 0.338 e. The molecule has 7 nitrogen and oxygen atoms in total. The Hall–Kier alpha value is -2.87. The fourth-order valence-corrected chi connectivity index (χ4v) is 4.17. The summed E-state index contributed by atoms with van der Waals surface area (Å²) < 4.78 is 4.91. The summed E-state index contributed by atoms with van der Waals surface area (Å²) in [6, 6.07) is 7.65. The Morgan fingerprint density at radius 2 is 1.79 bits per heavy atom. The Bertz CT molecular complexity index is 837. The van der Waals surface area contributed by atoms with E-state index in [1.165, 1.54) is 28.2 Å². The average molecular weight is 401 g/mol. The normalized spacial score (nSPS) is 13.0. The van der Waals surface area contributed by atoms with Gasteiger partial charge in [0.1, 0.15) is 0 Å². The van der Waals surface area contributed by atoms with Gasteiger partial charge in [0.25, 0.3) is 5.91 Å². The van der Waals surface area contributed by atoms with E-state index in [-0.39, 0.29) is 5.91 Å². The van der Waals surface area contributed by atoms with Crippen LogP contribution in [0.3, 0.4) is 0 Å². The second kappa shape index (κ2) is 9.36. The summed E-state index contributed by atoms with van der Waals surface area (Å²) in [5, 5.41) is 2.59. The molecule has 0 unspecified atom stereocenters. The van der Waals surface area contributed by atoms with Crippen molar-refractivity contribution in [2.45, 2.75) is 39.0 Å². The first-order valence-corrected chi connectivity index (χ1v) is 10.1. The van der Waals surface area contributed by atoms with Crippen LogP contribution in [0.15, 0.2) is 30.3 Å². The summed E-state index contributed by atoms with van der Waals surface area (Å²) >= 11 is 1.49. The number of esters is 1. The molecule has 0 atom stereocenters. The van der Waals surface area contributed by atoms with Gasteiger partial charge in [0.15, 0.2) is 0 Å². The zero-order valence-corrected chi connectivity index (χ0v) is 16.5. The number of benzene rings is 1. The first-order valence-electron chi connectivity index (χ1n) is 9.33. The lowest BCUT2D eigenvalue weighted by molar-refractivity contribution is 0.0526. The van der Waals surface area contributed by atoms with Crippen LogP contribution < -0.4 is 16.2 Å². The molecule has 148 valence electrons. The van der Waals surface area contributed by atoms with Gasteiger partial charge in [-0.1, -0.05) is 6.42 Å². The SMILES string of the molecule is CCOC(=O)c1ccc(NC(=O)NNC(=O)c2cc3c(s2)CCCCC3)cc1. The Balaban J connectivity index is 1.50. The van der Waals surface area contributed by atoms with Crippen LogP contribution in [0.5, 0.6) is 0 Å². The van der Waals surface area contributed by atoms with Crippen molar-refractivity contribution in [1.29, 1.82) is 0 Å². The molecule has 3 N–H and O–H groups in total. The van der Waals surface area contributed by atoms with Gasteiger partial charge < -0.3 is 10.1 Å². The molecular formula is C20H23N3O4S. The van der Waals surface area contributed by atoms with Crippen molar-refractivity contribution in [2.24, 2.45) is 0 Å².